The van der Waals surface area contributed by atoms with E-state index in [1.165, 1.54) is 10.8 Å². The van der Waals surface area contributed by atoms with E-state index in [2.05, 4.69) is 146 Å². The molecule has 0 aliphatic heterocycles. The first-order chi connectivity index (χ1) is 19.4. The Morgan fingerprint density at radius 3 is 1.19 bits per heavy atom. The molecule has 0 unspecified atom stereocenters. The van der Waals surface area contributed by atoms with Crippen LogP contribution in [0.2, 0.25) is 65.5 Å². The van der Waals surface area contributed by atoms with Gasteiger partial charge in [-0.25, -0.2) is 0 Å². The van der Waals surface area contributed by atoms with Gasteiger partial charge in [0.1, 0.15) is 25.4 Å². The maximum atomic E-state index is 3.70. The summed E-state index contributed by atoms with van der Waals surface area (Å²) in [5, 5.41) is 1.46. The maximum absolute atomic E-state index is 3.70. The summed E-state index contributed by atoms with van der Waals surface area (Å²) < 4.78 is 0. The molecule has 0 aliphatic rings. The van der Waals surface area contributed by atoms with Crippen LogP contribution < -0.4 is 30.1 Å². The molecule has 258 valence electrons. The lowest BCUT2D eigenvalue weighted by atomic mass is 10.2. The largest absolute Gasteiger partial charge is 0.345 e. The Balaban J connectivity index is -0.0000000753. The zero-order chi connectivity index (χ0) is 34.3. The summed E-state index contributed by atoms with van der Waals surface area (Å²) in [6.07, 6.45) is 0. The van der Waals surface area contributed by atoms with Crippen molar-refractivity contribution in [3.63, 3.8) is 0 Å². The Bertz CT molecular complexity index is 790. The average molecular weight is 688 g/mol. The lowest BCUT2D eigenvalue weighted by Gasteiger charge is -2.21. The van der Waals surface area contributed by atoms with Crippen LogP contribution >= 0.6 is 0 Å². The van der Waals surface area contributed by atoms with Crippen molar-refractivity contribution in [1.82, 2.24) is 24.9 Å². The van der Waals surface area contributed by atoms with Gasteiger partial charge in [-0.1, -0.05) is 159 Å². The molecule has 0 heterocycles. The fourth-order valence-electron chi connectivity index (χ4n) is 1.64. The molecule has 0 fully saturated rings. The van der Waals surface area contributed by atoms with Gasteiger partial charge in [0.25, 0.3) is 0 Å². The van der Waals surface area contributed by atoms with Crippen molar-refractivity contribution in [1.29, 1.82) is 0 Å². The minimum atomic E-state index is -1.30. The fraction of sp³-hybridized carbons (Fsp3) is 0.576. The van der Waals surface area contributed by atoms with Crippen molar-refractivity contribution in [2.24, 2.45) is 0 Å². The Kier molecular flexibility index (Phi) is 45.1. The smallest absolute Gasteiger partial charge is 0.151 e. The van der Waals surface area contributed by atoms with Crippen LogP contribution in [0.1, 0.15) is 28.3 Å². The molecular formula is C33H81N5Si5. The molecule has 0 aromatic heterocycles. The van der Waals surface area contributed by atoms with Crippen molar-refractivity contribution in [3.8, 4) is 0 Å². The number of nitrogens with one attached hydrogen (secondary N) is 5. The molecule has 0 saturated heterocycles. The van der Waals surface area contributed by atoms with E-state index in [9.17, 15) is 0 Å². The number of rotatable bonds is 7. The highest BCUT2D eigenvalue weighted by atomic mass is 28.3. The summed E-state index contributed by atoms with van der Waals surface area (Å²) in [5.74, 6) is 0. The number of hydrogen-bond donors (Lipinski definition) is 5. The second kappa shape index (κ2) is 35.5. The fourth-order valence-corrected chi connectivity index (χ4v) is 3.15. The van der Waals surface area contributed by atoms with E-state index in [1.807, 2.05) is 73.0 Å². The first-order valence-corrected chi connectivity index (χ1v) is 30.1. The van der Waals surface area contributed by atoms with Crippen LogP contribution in [-0.4, -0.2) is 78.6 Å². The monoisotopic (exact) mass is 688 g/mol. The van der Waals surface area contributed by atoms with Crippen molar-refractivity contribution >= 4 is 48.5 Å². The van der Waals surface area contributed by atoms with Crippen LogP contribution in [0.25, 0.3) is 0 Å². The molecule has 0 radical (unpaired) electrons. The molecule has 0 aliphatic carbocycles. The normalized spacial score (nSPS) is 10.1. The van der Waals surface area contributed by atoms with Gasteiger partial charge in [-0.2, -0.15) is 0 Å². The molecule has 43 heavy (non-hydrogen) atoms. The number of aryl methyl sites for hydroxylation is 1. The minimum absolute atomic E-state index is 0. The van der Waals surface area contributed by atoms with Crippen LogP contribution in [0.15, 0.2) is 72.9 Å². The van der Waals surface area contributed by atoms with Crippen LogP contribution in [0, 0.1) is 6.92 Å². The van der Waals surface area contributed by atoms with Gasteiger partial charge >= 0.3 is 0 Å². The van der Waals surface area contributed by atoms with Gasteiger partial charge in [0.15, 0.2) is 8.24 Å². The first kappa shape index (κ1) is 54.5. The highest BCUT2D eigenvalue weighted by molar-refractivity contribution is 6.87. The maximum Gasteiger partial charge on any atom is 0.151 e. The molecular weight excluding hydrogens is 607 g/mol. The van der Waals surface area contributed by atoms with Gasteiger partial charge in [-0.15, -0.1) is 6.58 Å². The van der Waals surface area contributed by atoms with Crippen molar-refractivity contribution in [2.45, 2.75) is 93.7 Å². The van der Waals surface area contributed by atoms with Crippen molar-refractivity contribution in [2.75, 3.05) is 35.2 Å². The SMILES string of the molecule is C.C=C[Si](C)(C)NC.CC.CN[SiH2]C.CN[SiH](C)C.CN[Si](C)(C)C.CN[Si](C)(C)c1ccccc1.Cc1ccccc1.[HH]. The third-order valence-electron chi connectivity index (χ3n) is 5.90. The molecule has 10 heteroatoms. The summed E-state index contributed by atoms with van der Waals surface area (Å²) in [7, 11) is 6.50. The summed E-state index contributed by atoms with van der Waals surface area (Å²) in [6.45, 7) is 32.3. The molecule has 0 bridgehead atoms. The van der Waals surface area contributed by atoms with Gasteiger partial charge in [0, 0.05) is 1.43 Å². The van der Waals surface area contributed by atoms with E-state index in [-0.39, 0.29) is 18.5 Å². The van der Waals surface area contributed by atoms with E-state index < -0.39 is 33.7 Å². The van der Waals surface area contributed by atoms with Gasteiger partial charge in [-0.05, 0) is 47.3 Å². The summed E-state index contributed by atoms with van der Waals surface area (Å²) in [5.41, 5.74) is 3.34. The van der Waals surface area contributed by atoms with Crippen LogP contribution in [0.5, 0.6) is 0 Å². The third-order valence-corrected chi connectivity index (χ3v) is 14.6. The lowest BCUT2D eigenvalue weighted by Crippen LogP contribution is -2.53. The molecule has 0 amide bonds. The second-order valence-corrected chi connectivity index (χ2v) is 29.7. The van der Waals surface area contributed by atoms with Crippen molar-refractivity contribution < 1.29 is 1.43 Å². The molecule has 0 atom stereocenters. The number of hydrogen-bond acceptors (Lipinski definition) is 5. The summed E-state index contributed by atoms with van der Waals surface area (Å²) in [4.78, 5) is 16.1. The van der Waals surface area contributed by atoms with E-state index in [4.69, 9.17) is 0 Å². The molecule has 2 rings (SSSR count). The quantitative estimate of drug-likeness (QED) is 0.205. The Labute approximate surface area is 281 Å². The van der Waals surface area contributed by atoms with Crippen molar-refractivity contribution in [3.05, 3.63) is 78.5 Å². The molecule has 0 spiro atoms. The topological polar surface area (TPSA) is 60.1 Å². The zero-order valence-electron chi connectivity index (χ0n) is 31.3. The summed E-state index contributed by atoms with van der Waals surface area (Å²) >= 11 is 0. The lowest BCUT2D eigenvalue weighted by molar-refractivity contribution is 1.16. The third kappa shape index (κ3) is 48.2. The standard InChI is InChI=1S/C9H15NSi.C7H8.C5H13NSi.C4H13NSi.C3H11NSi.C2H9NSi.C2H6.CH4.H2/c1-10-11(2,3)9-7-5-4-6-8-9;1-7-5-3-2-4-6-7;1-5-7(3,4)6-2;1-5-6(2,3)4;1-4-5(2)3;1-3-4-2;1-2;;/h4-8,10H,1-3H3;2-6H,1H3;5-6H,1H2,2-4H3;5H,1-4H3;4-5H,1-3H3;3H,4H2,1-2H3;1-2H3;1H4;1H. The van der Waals surface area contributed by atoms with Gasteiger partial charge < -0.3 is 24.9 Å². The predicted molar refractivity (Wildman–Crippen MR) is 225 cm³/mol. The van der Waals surface area contributed by atoms with E-state index in [1.54, 1.807) is 0 Å². The van der Waals surface area contributed by atoms with Crippen LogP contribution in [0.3, 0.4) is 0 Å². The molecule has 5 nitrogen and oxygen atoms in total. The molecule has 5 N–H and O–H groups in total. The van der Waals surface area contributed by atoms with Gasteiger partial charge in [-0.3, -0.25) is 0 Å². The highest BCUT2D eigenvalue weighted by Gasteiger charge is 2.19. The van der Waals surface area contributed by atoms with E-state index >= 15 is 0 Å². The molecule has 2 aromatic rings. The van der Waals surface area contributed by atoms with Gasteiger partial charge in [0.2, 0.25) is 0 Å². The molecule has 0 saturated carbocycles. The predicted octanol–water partition coefficient (Wildman–Crippen LogP) is 6.93. The van der Waals surface area contributed by atoms with Crippen LogP contribution in [0.4, 0.5) is 0 Å². The Hall–Kier alpha value is -0.936. The zero-order valence-corrected chi connectivity index (χ0v) is 36.9. The Morgan fingerprint density at radius 1 is 0.721 bits per heavy atom. The second-order valence-electron chi connectivity index (χ2n) is 11.7. The van der Waals surface area contributed by atoms with Gasteiger partial charge in [0.05, 0.1) is 9.68 Å². The highest BCUT2D eigenvalue weighted by Crippen LogP contribution is 1.97. The minimum Gasteiger partial charge on any atom is -0.345 e. The molecule has 2 aromatic carbocycles. The van der Waals surface area contributed by atoms with E-state index in [0.717, 1.165) is 0 Å². The average Bonchev–Trinajstić information content (AvgIpc) is 3.00. The first-order valence-electron chi connectivity index (χ1n) is 15.5. The number of benzene rings is 2. The summed E-state index contributed by atoms with van der Waals surface area (Å²) in [6, 6.07) is 20.9. The van der Waals surface area contributed by atoms with Crippen LogP contribution in [-0.2, 0) is 0 Å². The van der Waals surface area contributed by atoms with E-state index in [0.29, 0.717) is 0 Å². The Morgan fingerprint density at radius 2 is 1.05 bits per heavy atom.